The summed E-state index contributed by atoms with van der Waals surface area (Å²) in [4.78, 5) is 29.7. The van der Waals surface area contributed by atoms with Crippen LogP contribution in [0.1, 0.15) is 12.8 Å². The van der Waals surface area contributed by atoms with Gasteiger partial charge in [-0.2, -0.15) is 0 Å². The Bertz CT molecular complexity index is 860. The number of amides is 1. The van der Waals surface area contributed by atoms with Gasteiger partial charge in [-0.1, -0.05) is 23.9 Å². The van der Waals surface area contributed by atoms with Crippen molar-refractivity contribution in [3.8, 4) is 0 Å². The van der Waals surface area contributed by atoms with Crippen molar-refractivity contribution in [1.29, 1.82) is 0 Å². The average molecular weight is 400 g/mol. The number of hydrogen-bond acceptors (Lipinski definition) is 7. The Morgan fingerprint density at radius 1 is 1.07 bits per heavy atom. The van der Waals surface area contributed by atoms with Crippen LogP contribution in [0.5, 0.6) is 0 Å². The molecule has 0 saturated carbocycles. The molecule has 0 unspecified atom stereocenters. The molecule has 1 saturated heterocycles. The molecule has 0 aliphatic carbocycles. The van der Waals surface area contributed by atoms with Gasteiger partial charge in [-0.3, -0.25) is 4.79 Å². The van der Waals surface area contributed by atoms with Gasteiger partial charge < -0.3 is 9.80 Å². The number of carbonyl (C=O) groups excluding carboxylic acids is 1. The van der Waals surface area contributed by atoms with Crippen LogP contribution in [0.4, 0.5) is 5.95 Å². The fraction of sp³-hybridized carbons (Fsp3) is 0.368. The molecule has 2 aromatic heterocycles. The number of nitrogens with zero attached hydrogens (tertiary/aromatic N) is 5. The maximum atomic E-state index is 12.4. The van der Waals surface area contributed by atoms with E-state index >= 15 is 0 Å². The normalized spacial score (nSPS) is 14.7. The summed E-state index contributed by atoms with van der Waals surface area (Å²) in [5, 5.41) is 0. The van der Waals surface area contributed by atoms with E-state index in [1.807, 2.05) is 29.2 Å². The largest absolute Gasteiger partial charge is 0.339 e. The lowest BCUT2D eigenvalue weighted by Gasteiger charge is -2.34. The third kappa shape index (κ3) is 4.56. The molecule has 27 heavy (non-hydrogen) atoms. The zero-order valence-electron chi connectivity index (χ0n) is 15.0. The van der Waals surface area contributed by atoms with Crippen LogP contribution in [0.25, 0.3) is 10.2 Å². The van der Waals surface area contributed by atoms with E-state index in [1.54, 1.807) is 35.5 Å². The van der Waals surface area contributed by atoms with Crippen molar-refractivity contribution >= 4 is 45.2 Å². The number of carbonyl (C=O) groups is 1. The summed E-state index contributed by atoms with van der Waals surface area (Å²) in [6, 6.07) is 10.0. The number of para-hydroxylation sites is 1. The van der Waals surface area contributed by atoms with E-state index in [2.05, 4.69) is 25.9 Å². The third-order valence-electron chi connectivity index (χ3n) is 4.50. The molecule has 1 fully saturated rings. The van der Waals surface area contributed by atoms with Crippen molar-refractivity contribution in [3.05, 3.63) is 42.7 Å². The van der Waals surface area contributed by atoms with Gasteiger partial charge >= 0.3 is 0 Å². The van der Waals surface area contributed by atoms with Crippen molar-refractivity contribution < 1.29 is 4.79 Å². The molecule has 1 aliphatic heterocycles. The molecule has 0 spiro atoms. The number of thioether (sulfide) groups is 1. The van der Waals surface area contributed by atoms with E-state index in [1.165, 1.54) is 4.70 Å². The fourth-order valence-electron chi connectivity index (χ4n) is 3.06. The summed E-state index contributed by atoms with van der Waals surface area (Å²) < 4.78 is 2.30. The highest BCUT2D eigenvalue weighted by molar-refractivity contribution is 8.01. The van der Waals surface area contributed by atoms with E-state index in [4.69, 9.17) is 0 Å². The van der Waals surface area contributed by atoms with E-state index in [9.17, 15) is 4.79 Å². The molecule has 3 aromatic rings. The fourth-order valence-corrected chi connectivity index (χ4v) is 5.14. The minimum absolute atomic E-state index is 0.244. The summed E-state index contributed by atoms with van der Waals surface area (Å²) >= 11 is 3.47. The lowest BCUT2D eigenvalue weighted by atomic mass is 10.2. The van der Waals surface area contributed by atoms with Crippen LogP contribution in [-0.2, 0) is 4.79 Å². The summed E-state index contributed by atoms with van der Waals surface area (Å²) in [5.74, 6) is 1.91. The molecule has 0 N–H and O–H groups in total. The van der Waals surface area contributed by atoms with Crippen molar-refractivity contribution in [2.24, 2.45) is 0 Å². The molecule has 1 aliphatic rings. The quantitative estimate of drug-likeness (QED) is 0.468. The minimum atomic E-state index is 0.244. The monoisotopic (exact) mass is 399 g/mol. The van der Waals surface area contributed by atoms with Gasteiger partial charge in [0, 0.05) is 50.7 Å². The van der Waals surface area contributed by atoms with Gasteiger partial charge in [0.2, 0.25) is 11.9 Å². The number of piperazine rings is 1. The first-order chi connectivity index (χ1) is 13.3. The van der Waals surface area contributed by atoms with Crippen molar-refractivity contribution in [2.75, 3.05) is 36.8 Å². The highest BCUT2D eigenvalue weighted by atomic mass is 32.2. The summed E-state index contributed by atoms with van der Waals surface area (Å²) in [6.45, 7) is 3.05. The van der Waals surface area contributed by atoms with Crippen molar-refractivity contribution in [3.63, 3.8) is 0 Å². The Labute approximate surface area is 166 Å². The lowest BCUT2D eigenvalue weighted by Crippen LogP contribution is -2.49. The van der Waals surface area contributed by atoms with Crippen LogP contribution in [0.3, 0.4) is 0 Å². The van der Waals surface area contributed by atoms with Crippen molar-refractivity contribution in [1.82, 2.24) is 19.9 Å². The predicted molar refractivity (Wildman–Crippen MR) is 110 cm³/mol. The third-order valence-corrected chi connectivity index (χ3v) is 6.77. The van der Waals surface area contributed by atoms with Gasteiger partial charge in [-0.15, -0.1) is 11.3 Å². The molecule has 1 aromatic carbocycles. The second kappa shape index (κ2) is 8.67. The highest BCUT2D eigenvalue weighted by Crippen LogP contribution is 2.29. The Hall–Kier alpha value is -2.19. The number of hydrogen-bond donors (Lipinski definition) is 0. The summed E-state index contributed by atoms with van der Waals surface area (Å²) in [7, 11) is 0. The van der Waals surface area contributed by atoms with Crippen LogP contribution in [0.2, 0.25) is 0 Å². The van der Waals surface area contributed by atoms with E-state index in [0.29, 0.717) is 6.42 Å². The second-order valence-electron chi connectivity index (χ2n) is 6.32. The molecule has 8 heteroatoms. The maximum Gasteiger partial charge on any atom is 0.225 e. The molecule has 3 heterocycles. The predicted octanol–water partition coefficient (Wildman–Crippen LogP) is 3.31. The molecule has 1 amide bonds. The van der Waals surface area contributed by atoms with Gasteiger partial charge in [0.1, 0.15) is 0 Å². The minimum Gasteiger partial charge on any atom is -0.339 e. The van der Waals surface area contributed by atoms with Gasteiger partial charge in [0.25, 0.3) is 0 Å². The van der Waals surface area contributed by atoms with Gasteiger partial charge in [0.15, 0.2) is 4.34 Å². The average Bonchev–Trinajstić information content (AvgIpc) is 3.15. The standard InChI is InChI=1S/C19H21N5OS2/c25-17(23-10-12-24(13-11-23)18-20-8-4-9-21-18)7-3-14-26-19-22-15-5-1-2-6-16(15)27-19/h1-2,4-6,8-9H,3,7,10-14H2. The Balaban J connectivity index is 1.19. The number of anilines is 1. The van der Waals surface area contributed by atoms with Gasteiger partial charge in [-0.05, 0) is 24.6 Å². The molecular weight excluding hydrogens is 378 g/mol. The number of thiazole rings is 1. The maximum absolute atomic E-state index is 12.4. The Morgan fingerprint density at radius 2 is 1.85 bits per heavy atom. The van der Waals surface area contributed by atoms with E-state index < -0.39 is 0 Å². The van der Waals surface area contributed by atoms with Crippen LogP contribution >= 0.6 is 23.1 Å². The second-order valence-corrected chi connectivity index (χ2v) is 8.69. The number of aromatic nitrogens is 3. The molecule has 6 nitrogen and oxygen atoms in total. The van der Waals surface area contributed by atoms with Crippen molar-refractivity contribution in [2.45, 2.75) is 17.2 Å². The first kappa shape index (κ1) is 18.2. The van der Waals surface area contributed by atoms with Gasteiger partial charge in [0.05, 0.1) is 10.2 Å². The van der Waals surface area contributed by atoms with Crippen LogP contribution in [-0.4, -0.2) is 57.7 Å². The van der Waals surface area contributed by atoms with E-state index in [0.717, 1.165) is 54.2 Å². The van der Waals surface area contributed by atoms with Crippen LogP contribution in [0.15, 0.2) is 47.1 Å². The Kier molecular flexibility index (Phi) is 5.84. The SMILES string of the molecule is O=C(CCCSc1nc2ccccc2s1)N1CCN(c2ncccn2)CC1. The topological polar surface area (TPSA) is 62.2 Å². The summed E-state index contributed by atoms with van der Waals surface area (Å²) in [6.07, 6.45) is 4.98. The summed E-state index contributed by atoms with van der Waals surface area (Å²) in [5.41, 5.74) is 1.06. The van der Waals surface area contributed by atoms with Crippen LogP contribution < -0.4 is 4.90 Å². The first-order valence-corrected chi connectivity index (χ1v) is 10.9. The Morgan fingerprint density at radius 3 is 2.63 bits per heavy atom. The van der Waals surface area contributed by atoms with Crippen LogP contribution in [0, 0.1) is 0 Å². The molecule has 0 atom stereocenters. The zero-order chi connectivity index (χ0) is 18.5. The molecule has 0 radical (unpaired) electrons. The smallest absolute Gasteiger partial charge is 0.225 e. The molecule has 0 bridgehead atoms. The molecule has 140 valence electrons. The van der Waals surface area contributed by atoms with E-state index in [-0.39, 0.29) is 5.91 Å². The number of rotatable bonds is 6. The highest BCUT2D eigenvalue weighted by Gasteiger charge is 2.22. The zero-order valence-corrected chi connectivity index (χ0v) is 16.6. The van der Waals surface area contributed by atoms with Gasteiger partial charge in [-0.25, -0.2) is 15.0 Å². The molecular formula is C19H21N5OS2. The number of benzene rings is 1. The number of fused-ring (bicyclic) bond motifs is 1. The molecule has 4 rings (SSSR count). The first-order valence-electron chi connectivity index (χ1n) is 9.08. The lowest BCUT2D eigenvalue weighted by molar-refractivity contribution is -0.131.